The molecule has 32 heavy (non-hydrogen) atoms. The van der Waals surface area contributed by atoms with Crippen molar-refractivity contribution < 1.29 is 23.8 Å². The minimum atomic E-state index is -4.20. The molecule has 0 fully saturated rings. The first-order valence-electron chi connectivity index (χ1n) is 10.3. The molecule has 0 unspecified atom stereocenters. The fourth-order valence-electron chi connectivity index (χ4n) is 3.78. The van der Waals surface area contributed by atoms with Gasteiger partial charge in [0.05, 0.1) is 0 Å². The number of benzene rings is 4. The van der Waals surface area contributed by atoms with Gasteiger partial charge in [-0.3, -0.25) is 0 Å². The number of fused-ring (bicyclic) bond motifs is 1. The molecule has 0 aliphatic carbocycles. The standard InChI is InChI=1S/C26H25O5P/c1-16-9-7-10-17(2)25(16)30-32(29,31-26-18(3)11-8-12-19(26)4)23-15-22(27)20-13-5-6-14-21(20)24(23)28/h5-15,27-28H,1-4H3. The predicted molar refractivity (Wildman–Crippen MR) is 128 cm³/mol. The molecule has 0 radical (unpaired) electrons. The summed E-state index contributed by atoms with van der Waals surface area (Å²) in [6, 6.07) is 19.2. The Morgan fingerprint density at radius 2 is 1.09 bits per heavy atom. The smallest absolute Gasteiger partial charge is 0.466 e. The van der Waals surface area contributed by atoms with Crippen LogP contribution in [0.3, 0.4) is 0 Å². The number of rotatable bonds is 5. The highest BCUT2D eigenvalue weighted by Gasteiger charge is 2.37. The Morgan fingerprint density at radius 1 is 0.656 bits per heavy atom. The first kappa shape index (κ1) is 21.8. The van der Waals surface area contributed by atoms with E-state index in [9.17, 15) is 14.8 Å². The number of aromatic hydroxyl groups is 2. The van der Waals surface area contributed by atoms with Crippen LogP contribution < -0.4 is 14.4 Å². The van der Waals surface area contributed by atoms with Crippen LogP contribution in [0.25, 0.3) is 10.8 Å². The lowest BCUT2D eigenvalue weighted by atomic mass is 10.1. The molecule has 0 aliphatic heterocycles. The molecule has 0 aliphatic rings. The molecule has 4 rings (SSSR count). The number of aryl methyl sites for hydroxylation is 4. The van der Waals surface area contributed by atoms with Crippen LogP contribution >= 0.6 is 7.60 Å². The second kappa shape index (κ2) is 8.25. The van der Waals surface area contributed by atoms with Crippen molar-refractivity contribution in [3.05, 3.63) is 89.0 Å². The molecule has 0 amide bonds. The van der Waals surface area contributed by atoms with Gasteiger partial charge in [0.1, 0.15) is 28.3 Å². The van der Waals surface area contributed by atoms with Gasteiger partial charge in [0.15, 0.2) is 0 Å². The van der Waals surface area contributed by atoms with Gasteiger partial charge in [-0.05, 0) is 49.9 Å². The second-order valence-corrected chi connectivity index (χ2v) is 9.77. The SMILES string of the molecule is Cc1cccc(C)c1OP(=O)(Oc1c(C)cccc1C)c1cc(O)c2ccccc2c1O. The first-order chi connectivity index (χ1) is 15.2. The first-order valence-corrected chi connectivity index (χ1v) is 11.8. The monoisotopic (exact) mass is 448 g/mol. The summed E-state index contributed by atoms with van der Waals surface area (Å²) in [5.41, 5.74) is 3.11. The van der Waals surface area contributed by atoms with Crippen LogP contribution in [0.2, 0.25) is 0 Å². The molecule has 2 N–H and O–H groups in total. The van der Waals surface area contributed by atoms with E-state index in [2.05, 4.69) is 0 Å². The summed E-state index contributed by atoms with van der Waals surface area (Å²) in [7, 11) is -4.20. The van der Waals surface area contributed by atoms with Gasteiger partial charge in [-0.25, -0.2) is 4.57 Å². The van der Waals surface area contributed by atoms with Crippen LogP contribution in [0.1, 0.15) is 22.3 Å². The molecule has 4 aromatic rings. The quantitative estimate of drug-likeness (QED) is 0.271. The Balaban J connectivity index is 1.97. The number of hydrogen-bond donors (Lipinski definition) is 2. The van der Waals surface area contributed by atoms with Crippen molar-refractivity contribution in [3.63, 3.8) is 0 Å². The lowest BCUT2D eigenvalue weighted by Gasteiger charge is -2.25. The van der Waals surface area contributed by atoms with Crippen LogP contribution in [0.5, 0.6) is 23.0 Å². The van der Waals surface area contributed by atoms with Crippen molar-refractivity contribution in [3.8, 4) is 23.0 Å². The molecule has 0 atom stereocenters. The highest BCUT2D eigenvalue weighted by Crippen LogP contribution is 2.53. The minimum Gasteiger partial charge on any atom is -0.507 e. The van der Waals surface area contributed by atoms with Crippen molar-refractivity contribution >= 4 is 23.7 Å². The molecule has 0 spiro atoms. The van der Waals surface area contributed by atoms with Gasteiger partial charge >= 0.3 is 7.60 Å². The molecule has 0 heterocycles. The summed E-state index contributed by atoms with van der Waals surface area (Å²) in [6.07, 6.45) is 0. The topological polar surface area (TPSA) is 76.0 Å². The maximum Gasteiger partial charge on any atom is 0.466 e. The van der Waals surface area contributed by atoms with E-state index >= 15 is 0 Å². The summed E-state index contributed by atoms with van der Waals surface area (Å²) >= 11 is 0. The molecular weight excluding hydrogens is 423 g/mol. The van der Waals surface area contributed by atoms with E-state index in [0.717, 1.165) is 22.3 Å². The Hall–Kier alpha value is -3.43. The van der Waals surface area contributed by atoms with E-state index in [1.807, 2.05) is 64.1 Å². The van der Waals surface area contributed by atoms with Crippen molar-refractivity contribution in [1.29, 1.82) is 0 Å². The lowest BCUT2D eigenvalue weighted by Crippen LogP contribution is -2.17. The van der Waals surface area contributed by atoms with E-state index < -0.39 is 7.60 Å². The van der Waals surface area contributed by atoms with Gasteiger partial charge in [0.2, 0.25) is 0 Å². The fourth-order valence-corrected chi connectivity index (χ4v) is 5.73. The molecule has 5 nitrogen and oxygen atoms in total. The van der Waals surface area contributed by atoms with Crippen molar-refractivity contribution in [2.24, 2.45) is 0 Å². The van der Waals surface area contributed by atoms with Gasteiger partial charge in [-0.1, -0.05) is 60.7 Å². The maximum atomic E-state index is 14.5. The largest absolute Gasteiger partial charge is 0.507 e. The van der Waals surface area contributed by atoms with Gasteiger partial charge < -0.3 is 19.3 Å². The van der Waals surface area contributed by atoms with Gasteiger partial charge in [-0.2, -0.15) is 0 Å². The number of hydrogen-bond acceptors (Lipinski definition) is 5. The number of para-hydroxylation sites is 2. The van der Waals surface area contributed by atoms with Crippen molar-refractivity contribution in [2.75, 3.05) is 0 Å². The third-order valence-corrected chi connectivity index (χ3v) is 7.29. The van der Waals surface area contributed by atoms with Gasteiger partial charge in [-0.15, -0.1) is 0 Å². The predicted octanol–water partition coefficient (Wildman–Crippen LogP) is 6.46. The number of phenolic OH excluding ortho intramolecular Hbond substituents is 2. The van der Waals surface area contributed by atoms with E-state index in [-0.39, 0.29) is 16.8 Å². The van der Waals surface area contributed by atoms with Crippen LogP contribution in [0, 0.1) is 27.7 Å². The van der Waals surface area contributed by atoms with E-state index in [4.69, 9.17) is 9.05 Å². The molecule has 6 heteroatoms. The molecule has 0 bridgehead atoms. The lowest BCUT2D eigenvalue weighted by molar-refractivity contribution is 0.391. The van der Waals surface area contributed by atoms with Crippen LogP contribution in [0.4, 0.5) is 0 Å². The fraction of sp³-hybridized carbons (Fsp3) is 0.154. The Kier molecular flexibility index (Phi) is 5.62. The molecule has 0 saturated carbocycles. The molecule has 164 valence electrons. The Bertz CT molecular complexity index is 1280. The molecule has 4 aromatic carbocycles. The van der Waals surface area contributed by atoms with Crippen LogP contribution in [-0.2, 0) is 4.57 Å². The third kappa shape index (κ3) is 3.80. The van der Waals surface area contributed by atoms with Gasteiger partial charge in [0.25, 0.3) is 0 Å². The summed E-state index contributed by atoms with van der Waals surface area (Å²) in [4.78, 5) is 0. The summed E-state index contributed by atoms with van der Waals surface area (Å²) in [5, 5.41) is 22.5. The molecule has 0 aromatic heterocycles. The van der Waals surface area contributed by atoms with Crippen molar-refractivity contribution in [1.82, 2.24) is 0 Å². The molecular formula is C26H25O5P. The van der Waals surface area contributed by atoms with Crippen molar-refractivity contribution in [2.45, 2.75) is 27.7 Å². The van der Waals surface area contributed by atoms with Crippen LogP contribution in [-0.4, -0.2) is 10.2 Å². The molecule has 0 saturated heterocycles. The second-order valence-electron chi connectivity index (χ2n) is 7.93. The average Bonchev–Trinajstić information content (AvgIpc) is 2.76. The average molecular weight is 448 g/mol. The zero-order valence-corrected chi connectivity index (χ0v) is 19.3. The normalized spacial score (nSPS) is 11.5. The highest BCUT2D eigenvalue weighted by atomic mass is 31.2. The van der Waals surface area contributed by atoms with Crippen LogP contribution in [0.15, 0.2) is 66.7 Å². The number of phenols is 2. The Labute approximate surface area is 187 Å². The zero-order valence-electron chi connectivity index (χ0n) is 18.4. The van der Waals surface area contributed by atoms with E-state index in [0.29, 0.717) is 22.3 Å². The van der Waals surface area contributed by atoms with E-state index in [1.54, 1.807) is 24.3 Å². The summed E-state index contributed by atoms with van der Waals surface area (Å²) in [5.74, 6) is 0.450. The van der Waals surface area contributed by atoms with Gasteiger partial charge in [0, 0.05) is 16.8 Å². The summed E-state index contributed by atoms with van der Waals surface area (Å²) < 4.78 is 26.7. The van der Waals surface area contributed by atoms with E-state index in [1.165, 1.54) is 6.07 Å². The summed E-state index contributed by atoms with van der Waals surface area (Å²) in [6.45, 7) is 7.40. The minimum absolute atomic E-state index is 0.0981. The Morgan fingerprint density at radius 3 is 1.56 bits per heavy atom. The third-order valence-electron chi connectivity index (χ3n) is 5.51. The zero-order chi connectivity index (χ0) is 23.0. The maximum absolute atomic E-state index is 14.5. The highest BCUT2D eigenvalue weighted by molar-refractivity contribution is 7.63.